The maximum absolute atomic E-state index is 10.5. The van der Waals surface area contributed by atoms with Crippen molar-refractivity contribution in [2.24, 2.45) is 0 Å². The number of ether oxygens (including phenoxy) is 2. The number of para-hydroxylation sites is 1. The van der Waals surface area contributed by atoms with Crippen LogP contribution in [0.1, 0.15) is 11.7 Å². The molecule has 0 unspecified atom stereocenters. The van der Waals surface area contributed by atoms with Crippen molar-refractivity contribution in [2.75, 3.05) is 26.1 Å². The minimum absolute atomic E-state index is 0.378. The highest BCUT2D eigenvalue weighted by atomic mass is 16.5. The molecule has 0 bridgehead atoms. The van der Waals surface area contributed by atoms with Crippen molar-refractivity contribution in [2.45, 2.75) is 6.10 Å². The van der Waals surface area contributed by atoms with Gasteiger partial charge < -0.3 is 19.9 Å². The summed E-state index contributed by atoms with van der Waals surface area (Å²) in [7, 11) is 3.17. The van der Waals surface area contributed by atoms with E-state index in [2.05, 4.69) is 10.3 Å². The lowest BCUT2D eigenvalue weighted by molar-refractivity contribution is 0.191. The number of hydrogen-bond donors (Lipinski definition) is 2. The molecule has 0 saturated heterocycles. The molecule has 0 aliphatic carbocycles. The number of anilines is 1. The Morgan fingerprint density at radius 2 is 1.83 bits per heavy atom. The fourth-order valence-electron chi connectivity index (χ4n) is 2.63. The monoisotopic (exact) mass is 324 g/mol. The molecule has 0 amide bonds. The highest BCUT2D eigenvalue weighted by molar-refractivity contribution is 5.90. The fourth-order valence-corrected chi connectivity index (χ4v) is 2.63. The third-order valence-corrected chi connectivity index (χ3v) is 3.93. The summed E-state index contributed by atoms with van der Waals surface area (Å²) in [5, 5.41) is 14.8. The normalized spacial score (nSPS) is 12.0. The zero-order chi connectivity index (χ0) is 16.9. The summed E-state index contributed by atoms with van der Waals surface area (Å²) in [4.78, 5) is 4.34. The molecule has 5 heteroatoms. The Balaban J connectivity index is 1.76. The average Bonchev–Trinajstić information content (AvgIpc) is 2.65. The van der Waals surface area contributed by atoms with Crippen LogP contribution in [-0.4, -0.2) is 30.9 Å². The van der Waals surface area contributed by atoms with E-state index in [0.717, 1.165) is 22.2 Å². The predicted molar refractivity (Wildman–Crippen MR) is 94.7 cm³/mol. The Morgan fingerprint density at radius 1 is 1.04 bits per heavy atom. The molecule has 2 aromatic carbocycles. The molecular weight excluding hydrogens is 304 g/mol. The van der Waals surface area contributed by atoms with E-state index >= 15 is 0 Å². The number of nitrogens with zero attached hydrogens (tertiary/aromatic N) is 1. The van der Waals surface area contributed by atoms with Gasteiger partial charge in [0.1, 0.15) is 0 Å². The van der Waals surface area contributed by atoms with Gasteiger partial charge in [0.25, 0.3) is 0 Å². The van der Waals surface area contributed by atoms with Crippen molar-refractivity contribution in [3.05, 3.63) is 60.3 Å². The number of methoxy groups -OCH3 is 2. The van der Waals surface area contributed by atoms with Gasteiger partial charge in [0.2, 0.25) is 0 Å². The molecule has 2 N–H and O–H groups in total. The summed E-state index contributed by atoms with van der Waals surface area (Å²) >= 11 is 0. The second kappa shape index (κ2) is 7.19. The van der Waals surface area contributed by atoms with Crippen molar-refractivity contribution >= 4 is 16.6 Å². The predicted octanol–water partition coefficient (Wildman–Crippen LogP) is 3.40. The molecule has 0 aliphatic heterocycles. The zero-order valence-corrected chi connectivity index (χ0v) is 13.7. The third kappa shape index (κ3) is 3.26. The van der Waals surface area contributed by atoms with Crippen molar-refractivity contribution in [1.82, 2.24) is 4.98 Å². The average molecular weight is 324 g/mol. The third-order valence-electron chi connectivity index (χ3n) is 3.93. The summed E-state index contributed by atoms with van der Waals surface area (Å²) in [6, 6.07) is 15.2. The molecule has 0 aliphatic rings. The van der Waals surface area contributed by atoms with Crippen molar-refractivity contribution in [3.8, 4) is 11.5 Å². The number of rotatable bonds is 6. The van der Waals surface area contributed by atoms with Crippen LogP contribution in [0.15, 0.2) is 54.7 Å². The molecule has 5 nitrogen and oxygen atoms in total. The smallest absolute Gasteiger partial charge is 0.161 e. The van der Waals surface area contributed by atoms with E-state index in [0.29, 0.717) is 18.0 Å². The van der Waals surface area contributed by atoms with Gasteiger partial charge in [-0.2, -0.15) is 0 Å². The highest BCUT2D eigenvalue weighted by Gasteiger charge is 2.12. The molecule has 1 atom stereocenters. The quantitative estimate of drug-likeness (QED) is 0.727. The zero-order valence-electron chi connectivity index (χ0n) is 13.7. The molecule has 3 rings (SSSR count). The van der Waals surface area contributed by atoms with Crippen LogP contribution in [0.25, 0.3) is 10.9 Å². The topological polar surface area (TPSA) is 63.6 Å². The van der Waals surface area contributed by atoms with E-state index in [4.69, 9.17) is 9.47 Å². The summed E-state index contributed by atoms with van der Waals surface area (Å²) in [6.07, 6.45) is 1.09. The Hall–Kier alpha value is -2.79. The van der Waals surface area contributed by atoms with Crippen LogP contribution in [0.4, 0.5) is 5.69 Å². The van der Waals surface area contributed by atoms with Crippen molar-refractivity contribution in [3.63, 3.8) is 0 Å². The molecule has 0 spiro atoms. The van der Waals surface area contributed by atoms with Gasteiger partial charge in [-0.1, -0.05) is 24.3 Å². The van der Waals surface area contributed by atoms with E-state index in [-0.39, 0.29) is 0 Å². The lowest BCUT2D eigenvalue weighted by Crippen LogP contribution is -2.12. The van der Waals surface area contributed by atoms with Gasteiger partial charge in [-0.3, -0.25) is 4.98 Å². The molecule has 0 saturated carbocycles. The molecule has 0 fully saturated rings. The standard InChI is InChI=1S/C19H20N2O3/c1-23-18-8-7-13(11-19(18)24-2)17(22)12-21-16-9-10-20-15-6-4-3-5-14(15)16/h3-11,17,22H,12H2,1-2H3,(H,20,21)/t17-/m0/s1. The number of nitrogens with one attached hydrogen (secondary N) is 1. The second-order valence-electron chi connectivity index (χ2n) is 5.39. The SMILES string of the molecule is COc1ccc([C@@H](O)CNc2ccnc3ccccc23)cc1OC. The van der Waals surface area contributed by atoms with Gasteiger partial charge >= 0.3 is 0 Å². The minimum Gasteiger partial charge on any atom is -0.493 e. The van der Waals surface area contributed by atoms with Gasteiger partial charge in [0.05, 0.1) is 25.8 Å². The summed E-state index contributed by atoms with van der Waals surface area (Å²) in [5.41, 5.74) is 2.63. The van der Waals surface area contributed by atoms with Crippen LogP contribution in [0, 0.1) is 0 Å². The van der Waals surface area contributed by atoms with Crippen LogP contribution in [-0.2, 0) is 0 Å². The maximum atomic E-state index is 10.5. The first kappa shape index (κ1) is 16.1. The van der Waals surface area contributed by atoms with Gasteiger partial charge in [-0.05, 0) is 29.8 Å². The summed E-state index contributed by atoms with van der Waals surface area (Å²) in [6.45, 7) is 0.378. The van der Waals surface area contributed by atoms with Crippen LogP contribution < -0.4 is 14.8 Å². The summed E-state index contributed by atoms with van der Waals surface area (Å²) in [5.74, 6) is 1.24. The molecule has 3 aromatic rings. The van der Waals surface area contributed by atoms with Crippen molar-refractivity contribution < 1.29 is 14.6 Å². The first-order valence-corrected chi connectivity index (χ1v) is 7.70. The van der Waals surface area contributed by atoms with Crippen molar-refractivity contribution in [1.29, 1.82) is 0 Å². The largest absolute Gasteiger partial charge is 0.493 e. The van der Waals surface area contributed by atoms with Crippen LogP contribution >= 0.6 is 0 Å². The first-order valence-electron chi connectivity index (χ1n) is 7.70. The molecule has 0 radical (unpaired) electrons. The minimum atomic E-state index is -0.670. The molecule has 124 valence electrons. The van der Waals surface area contributed by atoms with E-state index < -0.39 is 6.10 Å². The molecular formula is C19H20N2O3. The number of aromatic nitrogens is 1. The van der Waals surface area contributed by atoms with Gasteiger partial charge in [0.15, 0.2) is 11.5 Å². The fraction of sp³-hybridized carbons (Fsp3) is 0.211. The van der Waals surface area contributed by atoms with Crippen LogP contribution in [0.2, 0.25) is 0 Å². The number of aliphatic hydroxyl groups is 1. The van der Waals surface area contributed by atoms with Gasteiger partial charge in [-0.25, -0.2) is 0 Å². The number of benzene rings is 2. The highest BCUT2D eigenvalue weighted by Crippen LogP contribution is 2.30. The number of pyridine rings is 1. The van der Waals surface area contributed by atoms with E-state index in [1.807, 2.05) is 36.4 Å². The number of fused-ring (bicyclic) bond motifs is 1. The number of hydrogen-bond acceptors (Lipinski definition) is 5. The first-order chi connectivity index (χ1) is 11.7. The maximum Gasteiger partial charge on any atom is 0.161 e. The number of aliphatic hydroxyl groups excluding tert-OH is 1. The Bertz CT molecular complexity index is 830. The lowest BCUT2D eigenvalue weighted by Gasteiger charge is -2.16. The van der Waals surface area contributed by atoms with E-state index in [1.165, 1.54) is 0 Å². The summed E-state index contributed by atoms with van der Waals surface area (Å²) < 4.78 is 10.5. The van der Waals surface area contributed by atoms with Gasteiger partial charge in [-0.15, -0.1) is 0 Å². The van der Waals surface area contributed by atoms with Gasteiger partial charge in [0, 0.05) is 23.8 Å². The Kier molecular flexibility index (Phi) is 4.82. The van der Waals surface area contributed by atoms with E-state index in [1.54, 1.807) is 32.5 Å². The Morgan fingerprint density at radius 3 is 2.62 bits per heavy atom. The lowest BCUT2D eigenvalue weighted by atomic mass is 10.1. The molecule has 1 heterocycles. The van der Waals surface area contributed by atoms with Crippen LogP contribution in [0.3, 0.4) is 0 Å². The second-order valence-corrected chi connectivity index (χ2v) is 5.39. The molecule has 24 heavy (non-hydrogen) atoms. The Labute approximate surface area is 140 Å². The van der Waals surface area contributed by atoms with E-state index in [9.17, 15) is 5.11 Å². The van der Waals surface area contributed by atoms with Crippen LogP contribution in [0.5, 0.6) is 11.5 Å². The molecule has 1 aromatic heterocycles.